The third kappa shape index (κ3) is 5.20. The Morgan fingerprint density at radius 3 is 2.25 bits per heavy atom. The minimum Gasteiger partial charge on any atom is -0.497 e. The van der Waals surface area contributed by atoms with Crippen LogP contribution in [0.25, 0.3) is 0 Å². The number of sulfonamides is 2. The zero-order chi connectivity index (χ0) is 26.1. The number of nitrogens with zero attached hydrogens (tertiary/aromatic N) is 2. The Labute approximate surface area is 213 Å². The van der Waals surface area contributed by atoms with Gasteiger partial charge in [0, 0.05) is 6.54 Å². The van der Waals surface area contributed by atoms with Gasteiger partial charge in [0.2, 0.25) is 15.9 Å². The van der Waals surface area contributed by atoms with E-state index >= 15 is 0 Å². The van der Waals surface area contributed by atoms with Crippen molar-refractivity contribution < 1.29 is 31.2 Å². The van der Waals surface area contributed by atoms with Crippen LogP contribution in [0, 0.1) is 0 Å². The number of carbonyl (C=O) groups excluding carboxylic acids is 2. The molecule has 2 heterocycles. The van der Waals surface area contributed by atoms with Gasteiger partial charge in [-0.15, -0.1) is 11.3 Å². The van der Waals surface area contributed by atoms with Crippen molar-refractivity contribution in [3.63, 3.8) is 0 Å². The van der Waals surface area contributed by atoms with Crippen LogP contribution in [0.5, 0.6) is 5.75 Å². The molecule has 2 aromatic carbocycles. The smallest absolute Gasteiger partial charge is 0.253 e. The molecule has 13 heteroatoms. The van der Waals surface area contributed by atoms with Gasteiger partial charge < -0.3 is 4.74 Å². The van der Waals surface area contributed by atoms with E-state index in [1.165, 1.54) is 37.4 Å². The molecule has 36 heavy (non-hydrogen) atoms. The molecule has 1 saturated heterocycles. The van der Waals surface area contributed by atoms with Crippen molar-refractivity contribution in [2.75, 3.05) is 18.6 Å². The fraction of sp³-hybridized carbons (Fsp3) is 0.217. The van der Waals surface area contributed by atoms with Crippen molar-refractivity contribution in [3.05, 3.63) is 71.6 Å². The largest absolute Gasteiger partial charge is 0.497 e. The van der Waals surface area contributed by atoms with Crippen molar-refractivity contribution in [1.82, 2.24) is 4.31 Å². The van der Waals surface area contributed by atoms with E-state index in [1.54, 1.807) is 35.7 Å². The summed E-state index contributed by atoms with van der Waals surface area (Å²) in [5.41, 5.74) is 0.956. The van der Waals surface area contributed by atoms with Crippen LogP contribution in [0.3, 0.4) is 0 Å². The van der Waals surface area contributed by atoms with Gasteiger partial charge in [0.1, 0.15) is 16.0 Å². The Balaban J connectivity index is 1.63. The lowest BCUT2D eigenvalue weighted by molar-refractivity contribution is -0.122. The molecule has 190 valence electrons. The summed E-state index contributed by atoms with van der Waals surface area (Å²) in [5, 5.41) is 6.75. The van der Waals surface area contributed by atoms with Crippen LogP contribution < -0.4 is 14.8 Å². The molecule has 4 rings (SSSR count). The van der Waals surface area contributed by atoms with Gasteiger partial charge in [-0.2, -0.15) is 4.31 Å². The molecule has 2 amide bonds. The van der Waals surface area contributed by atoms with Gasteiger partial charge in [-0.3, -0.25) is 9.59 Å². The van der Waals surface area contributed by atoms with Gasteiger partial charge in [0.15, 0.2) is 0 Å². The van der Waals surface area contributed by atoms with E-state index in [-0.39, 0.29) is 28.5 Å². The zero-order valence-electron chi connectivity index (χ0n) is 19.1. The van der Waals surface area contributed by atoms with Gasteiger partial charge in [-0.25, -0.2) is 26.9 Å². The summed E-state index contributed by atoms with van der Waals surface area (Å²) in [4.78, 5) is 27.2. The maximum atomic E-state index is 13.5. The standard InChI is InChI=1S/C23H23N3O7S3/c1-33-18-8-6-17(7-9-18)26-21(27)15-20(23(26)28)25(36(31,32)22-3-2-14-34-22)13-12-16-4-10-19(11-5-16)35(24,29)30/h2-11,14,20H,12-13,15H2,1H3,(H2,24,29,30). The zero-order valence-corrected chi connectivity index (χ0v) is 21.6. The lowest BCUT2D eigenvalue weighted by Gasteiger charge is -2.26. The maximum Gasteiger partial charge on any atom is 0.253 e. The normalized spacial score (nSPS) is 16.6. The predicted molar refractivity (Wildman–Crippen MR) is 134 cm³/mol. The summed E-state index contributed by atoms with van der Waals surface area (Å²) in [6, 6.07) is 13.9. The quantitative estimate of drug-likeness (QED) is 0.402. The molecule has 2 N–H and O–H groups in total. The topological polar surface area (TPSA) is 144 Å². The monoisotopic (exact) mass is 549 g/mol. The van der Waals surface area contributed by atoms with Gasteiger partial charge >= 0.3 is 0 Å². The van der Waals surface area contributed by atoms with E-state index in [4.69, 9.17) is 9.88 Å². The second-order valence-corrected chi connectivity index (χ2v) is 12.6. The van der Waals surface area contributed by atoms with Crippen LogP contribution in [-0.2, 0) is 36.1 Å². The molecule has 1 aromatic heterocycles. The van der Waals surface area contributed by atoms with E-state index in [2.05, 4.69) is 0 Å². The fourth-order valence-electron chi connectivity index (χ4n) is 3.90. The molecular formula is C23H23N3O7S3. The minimum absolute atomic E-state index is 0.0511. The number of nitrogens with two attached hydrogens (primary N) is 1. The lowest BCUT2D eigenvalue weighted by Crippen LogP contribution is -2.46. The third-order valence-electron chi connectivity index (χ3n) is 5.73. The average molecular weight is 550 g/mol. The number of anilines is 1. The first-order valence-electron chi connectivity index (χ1n) is 10.7. The Kier molecular flexibility index (Phi) is 7.29. The van der Waals surface area contributed by atoms with E-state index in [0.717, 1.165) is 20.5 Å². The van der Waals surface area contributed by atoms with Gasteiger partial charge in [0.25, 0.3) is 15.9 Å². The maximum absolute atomic E-state index is 13.5. The number of methoxy groups -OCH3 is 1. The Morgan fingerprint density at radius 2 is 1.69 bits per heavy atom. The number of hydrogen-bond donors (Lipinski definition) is 1. The predicted octanol–water partition coefficient (Wildman–Crippen LogP) is 1.97. The van der Waals surface area contributed by atoms with E-state index in [0.29, 0.717) is 17.0 Å². The molecule has 1 atom stereocenters. The van der Waals surface area contributed by atoms with Crippen LogP contribution in [0.1, 0.15) is 12.0 Å². The summed E-state index contributed by atoms with van der Waals surface area (Å²) in [7, 11) is -6.47. The van der Waals surface area contributed by atoms with Crippen LogP contribution in [0.4, 0.5) is 5.69 Å². The molecule has 1 aliphatic heterocycles. The molecule has 0 bridgehead atoms. The number of thiophene rings is 1. The fourth-order valence-corrected chi connectivity index (χ4v) is 7.12. The summed E-state index contributed by atoms with van der Waals surface area (Å²) in [6.45, 7) is -0.102. The molecule has 1 unspecified atom stereocenters. The van der Waals surface area contributed by atoms with Crippen LogP contribution in [0.2, 0.25) is 0 Å². The van der Waals surface area contributed by atoms with E-state index in [1.807, 2.05) is 0 Å². The SMILES string of the molecule is COc1ccc(N2C(=O)CC(N(CCc3ccc(S(N)(=O)=O)cc3)S(=O)(=O)c3cccs3)C2=O)cc1. The first-order chi connectivity index (χ1) is 17.0. The third-order valence-corrected chi connectivity index (χ3v) is 9.94. The van der Waals surface area contributed by atoms with Crippen molar-refractivity contribution in [1.29, 1.82) is 0 Å². The molecule has 0 spiro atoms. The Bertz CT molecular complexity index is 1470. The van der Waals surface area contributed by atoms with Crippen molar-refractivity contribution in [3.8, 4) is 5.75 Å². The van der Waals surface area contributed by atoms with Crippen molar-refractivity contribution >= 4 is 48.9 Å². The van der Waals surface area contributed by atoms with Crippen molar-refractivity contribution in [2.24, 2.45) is 5.14 Å². The highest BCUT2D eigenvalue weighted by Crippen LogP contribution is 2.31. The van der Waals surface area contributed by atoms with E-state index in [9.17, 15) is 26.4 Å². The average Bonchev–Trinajstić information content (AvgIpc) is 3.48. The van der Waals surface area contributed by atoms with Crippen LogP contribution in [-0.4, -0.2) is 52.7 Å². The summed E-state index contributed by atoms with van der Waals surface area (Å²) >= 11 is 1.01. The molecule has 0 aliphatic carbocycles. The molecule has 1 aliphatic rings. The second kappa shape index (κ2) is 10.1. The highest BCUT2D eigenvalue weighted by Gasteiger charge is 2.47. The number of imide groups is 1. The number of carbonyl (C=O) groups is 2. The summed E-state index contributed by atoms with van der Waals surface area (Å²) in [5.74, 6) is -0.612. The van der Waals surface area contributed by atoms with Crippen LogP contribution in [0.15, 0.2) is 75.1 Å². The van der Waals surface area contributed by atoms with Gasteiger partial charge in [0.05, 0.1) is 24.1 Å². The number of hydrogen-bond acceptors (Lipinski definition) is 8. The highest BCUT2D eigenvalue weighted by atomic mass is 32.2. The lowest BCUT2D eigenvalue weighted by atomic mass is 10.1. The number of amides is 2. The second-order valence-electron chi connectivity index (χ2n) is 7.97. The summed E-state index contributed by atoms with van der Waals surface area (Å²) < 4.78 is 56.3. The molecule has 1 fully saturated rings. The van der Waals surface area contributed by atoms with Crippen LogP contribution >= 0.6 is 11.3 Å². The van der Waals surface area contributed by atoms with E-state index < -0.39 is 37.9 Å². The molecule has 0 saturated carbocycles. The first-order valence-corrected chi connectivity index (χ1v) is 14.6. The molecule has 10 nitrogen and oxygen atoms in total. The first kappa shape index (κ1) is 26.0. The number of ether oxygens (including phenoxy) is 1. The number of benzene rings is 2. The van der Waals surface area contributed by atoms with Crippen molar-refractivity contribution in [2.45, 2.75) is 28.0 Å². The van der Waals surface area contributed by atoms with Gasteiger partial charge in [-0.05, 0) is 59.8 Å². The summed E-state index contributed by atoms with van der Waals surface area (Å²) in [6.07, 6.45) is -0.129. The molecule has 3 aromatic rings. The number of primary sulfonamides is 1. The highest BCUT2D eigenvalue weighted by molar-refractivity contribution is 7.91. The Hall–Kier alpha value is -3.10. The Morgan fingerprint density at radius 1 is 1.03 bits per heavy atom. The minimum atomic E-state index is -4.10. The molecule has 0 radical (unpaired) electrons. The number of rotatable bonds is 9. The van der Waals surface area contributed by atoms with Gasteiger partial charge in [-0.1, -0.05) is 18.2 Å². The molecular weight excluding hydrogens is 526 g/mol.